The molecule has 1 N–H and O–H groups in total. The van der Waals surface area contributed by atoms with Crippen molar-refractivity contribution >= 4 is 5.97 Å². The third kappa shape index (κ3) is 4.23. The molecule has 0 aliphatic rings. The minimum atomic E-state index is -0.158. The van der Waals surface area contributed by atoms with E-state index in [-0.39, 0.29) is 12.0 Å². The molecule has 1 aromatic rings. The zero-order chi connectivity index (χ0) is 12.8. The molecular weight excluding hydrogens is 218 g/mol. The lowest BCUT2D eigenvalue weighted by Gasteiger charge is -2.12. The quantitative estimate of drug-likeness (QED) is 0.612. The molecule has 0 spiro atoms. The molecule has 4 nitrogen and oxygen atoms in total. The van der Waals surface area contributed by atoms with Crippen LogP contribution in [0.5, 0.6) is 0 Å². The van der Waals surface area contributed by atoms with Gasteiger partial charge in [0.2, 0.25) is 0 Å². The Kier molecular flexibility index (Phi) is 5.22. The average Bonchev–Trinajstić information content (AvgIpc) is 2.63. The van der Waals surface area contributed by atoms with E-state index in [1.54, 1.807) is 0 Å². The molecule has 0 radical (unpaired) electrons. The maximum Gasteiger partial charge on any atom is 0.305 e. The van der Waals surface area contributed by atoms with E-state index in [0.717, 1.165) is 24.5 Å². The van der Waals surface area contributed by atoms with E-state index in [0.29, 0.717) is 6.42 Å². The number of furan rings is 1. The molecule has 4 heteroatoms. The summed E-state index contributed by atoms with van der Waals surface area (Å²) >= 11 is 0. The lowest BCUT2D eigenvalue weighted by Crippen LogP contribution is -2.20. The van der Waals surface area contributed by atoms with Gasteiger partial charge in [-0.05, 0) is 39.8 Å². The number of hydrogen-bond acceptors (Lipinski definition) is 4. The zero-order valence-corrected chi connectivity index (χ0v) is 11.0. The van der Waals surface area contributed by atoms with Gasteiger partial charge in [0.05, 0.1) is 7.11 Å². The predicted molar refractivity (Wildman–Crippen MR) is 65.8 cm³/mol. The third-order valence-electron chi connectivity index (χ3n) is 2.78. The minimum absolute atomic E-state index is 0.158. The van der Waals surface area contributed by atoms with Crippen molar-refractivity contribution in [2.75, 3.05) is 13.7 Å². The maximum absolute atomic E-state index is 10.9. The van der Waals surface area contributed by atoms with Crippen LogP contribution in [-0.4, -0.2) is 19.6 Å². The fourth-order valence-electron chi connectivity index (χ4n) is 1.84. The summed E-state index contributed by atoms with van der Waals surface area (Å²) in [5.74, 6) is 1.73. The van der Waals surface area contributed by atoms with Crippen molar-refractivity contribution in [3.05, 3.63) is 23.2 Å². The fraction of sp³-hybridized carbons (Fsp3) is 0.615. The number of carbonyl (C=O) groups is 1. The first kappa shape index (κ1) is 13.8. The molecule has 1 aromatic heterocycles. The van der Waals surface area contributed by atoms with Gasteiger partial charge in [-0.15, -0.1) is 0 Å². The number of carbonyl (C=O) groups excluding carboxylic acids is 1. The second kappa shape index (κ2) is 6.45. The molecule has 1 atom stereocenters. The summed E-state index contributed by atoms with van der Waals surface area (Å²) in [7, 11) is 1.41. The highest BCUT2D eigenvalue weighted by atomic mass is 16.5. The summed E-state index contributed by atoms with van der Waals surface area (Å²) < 4.78 is 10.1. The third-order valence-corrected chi connectivity index (χ3v) is 2.78. The molecular formula is C13H21NO3. The first-order valence-corrected chi connectivity index (χ1v) is 5.91. The van der Waals surface area contributed by atoms with Gasteiger partial charge in [0.25, 0.3) is 0 Å². The Morgan fingerprint density at radius 2 is 2.24 bits per heavy atom. The van der Waals surface area contributed by atoms with Gasteiger partial charge in [-0.25, -0.2) is 0 Å². The van der Waals surface area contributed by atoms with E-state index in [4.69, 9.17) is 4.42 Å². The SMILES string of the molecule is COC(=O)CCCNC(C)c1cc(C)oc1C. The van der Waals surface area contributed by atoms with Gasteiger partial charge in [-0.3, -0.25) is 4.79 Å². The summed E-state index contributed by atoms with van der Waals surface area (Å²) in [6, 6.07) is 2.29. The van der Waals surface area contributed by atoms with Gasteiger partial charge in [0.15, 0.2) is 0 Å². The topological polar surface area (TPSA) is 51.5 Å². The summed E-state index contributed by atoms with van der Waals surface area (Å²) in [6.45, 7) is 6.80. The summed E-state index contributed by atoms with van der Waals surface area (Å²) in [5, 5.41) is 3.36. The molecule has 1 heterocycles. The van der Waals surface area contributed by atoms with Crippen molar-refractivity contribution in [1.29, 1.82) is 0 Å². The number of methoxy groups -OCH3 is 1. The molecule has 0 bridgehead atoms. The molecule has 1 unspecified atom stereocenters. The summed E-state index contributed by atoms with van der Waals surface area (Å²) in [4.78, 5) is 10.9. The van der Waals surface area contributed by atoms with Gasteiger partial charge in [-0.1, -0.05) is 0 Å². The number of aryl methyl sites for hydroxylation is 2. The number of rotatable bonds is 6. The van der Waals surface area contributed by atoms with Crippen LogP contribution < -0.4 is 5.32 Å². The number of nitrogens with one attached hydrogen (secondary N) is 1. The first-order valence-electron chi connectivity index (χ1n) is 5.91. The highest BCUT2D eigenvalue weighted by Crippen LogP contribution is 2.20. The van der Waals surface area contributed by atoms with Crippen LogP contribution in [0.25, 0.3) is 0 Å². The fourth-order valence-corrected chi connectivity index (χ4v) is 1.84. The van der Waals surface area contributed by atoms with Crippen LogP contribution in [0.4, 0.5) is 0 Å². The van der Waals surface area contributed by atoms with Gasteiger partial charge < -0.3 is 14.5 Å². The normalized spacial score (nSPS) is 12.5. The van der Waals surface area contributed by atoms with Crippen LogP contribution in [0.2, 0.25) is 0 Å². The van der Waals surface area contributed by atoms with Crippen molar-refractivity contribution in [2.24, 2.45) is 0 Å². The second-order valence-corrected chi connectivity index (χ2v) is 4.22. The minimum Gasteiger partial charge on any atom is -0.469 e. The van der Waals surface area contributed by atoms with Crippen molar-refractivity contribution in [3.63, 3.8) is 0 Å². The molecule has 0 aromatic carbocycles. The van der Waals surface area contributed by atoms with E-state index in [1.807, 2.05) is 19.9 Å². The number of esters is 1. The van der Waals surface area contributed by atoms with E-state index in [1.165, 1.54) is 12.7 Å². The van der Waals surface area contributed by atoms with Crippen LogP contribution >= 0.6 is 0 Å². The molecule has 0 saturated carbocycles. The lowest BCUT2D eigenvalue weighted by atomic mass is 10.1. The largest absolute Gasteiger partial charge is 0.469 e. The number of ether oxygens (including phenoxy) is 1. The Morgan fingerprint density at radius 1 is 1.53 bits per heavy atom. The molecule has 0 aliphatic heterocycles. The lowest BCUT2D eigenvalue weighted by molar-refractivity contribution is -0.140. The van der Waals surface area contributed by atoms with Crippen LogP contribution in [0, 0.1) is 13.8 Å². The van der Waals surface area contributed by atoms with E-state index < -0.39 is 0 Å². The standard InChI is InChI=1S/C13H21NO3/c1-9-8-12(11(3)17-9)10(2)14-7-5-6-13(15)16-4/h8,10,14H,5-7H2,1-4H3. The summed E-state index contributed by atoms with van der Waals surface area (Å²) in [6.07, 6.45) is 1.24. The number of hydrogen-bond donors (Lipinski definition) is 1. The van der Waals surface area contributed by atoms with Crippen molar-refractivity contribution in [3.8, 4) is 0 Å². The Hall–Kier alpha value is -1.29. The molecule has 17 heavy (non-hydrogen) atoms. The van der Waals surface area contributed by atoms with Crippen molar-refractivity contribution in [1.82, 2.24) is 5.32 Å². The van der Waals surface area contributed by atoms with E-state index >= 15 is 0 Å². The summed E-state index contributed by atoms with van der Waals surface area (Å²) in [5.41, 5.74) is 1.18. The molecule has 1 rings (SSSR count). The molecule has 0 aliphatic carbocycles. The molecule has 0 fully saturated rings. The molecule has 0 saturated heterocycles. The van der Waals surface area contributed by atoms with Gasteiger partial charge >= 0.3 is 5.97 Å². The van der Waals surface area contributed by atoms with Crippen molar-refractivity contribution in [2.45, 2.75) is 39.7 Å². The van der Waals surface area contributed by atoms with Gasteiger partial charge in [0.1, 0.15) is 11.5 Å². The van der Waals surface area contributed by atoms with Gasteiger partial charge in [-0.2, -0.15) is 0 Å². The van der Waals surface area contributed by atoms with Gasteiger partial charge in [0, 0.05) is 18.0 Å². The average molecular weight is 239 g/mol. The Morgan fingerprint density at radius 3 is 2.76 bits per heavy atom. The maximum atomic E-state index is 10.9. The van der Waals surface area contributed by atoms with Crippen LogP contribution in [0.15, 0.2) is 10.5 Å². The first-order chi connectivity index (χ1) is 8.04. The highest BCUT2D eigenvalue weighted by molar-refractivity contribution is 5.69. The predicted octanol–water partition coefficient (Wildman–Crippen LogP) is 2.50. The van der Waals surface area contributed by atoms with E-state index in [9.17, 15) is 4.79 Å². The van der Waals surface area contributed by atoms with Crippen molar-refractivity contribution < 1.29 is 13.9 Å². The van der Waals surface area contributed by atoms with Crippen LogP contribution in [0.1, 0.15) is 42.9 Å². The Bertz CT molecular complexity index is 371. The zero-order valence-electron chi connectivity index (χ0n) is 11.0. The molecule has 96 valence electrons. The van der Waals surface area contributed by atoms with Crippen LogP contribution in [0.3, 0.4) is 0 Å². The second-order valence-electron chi connectivity index (χ2n) is 4.22. The Balaban J connectivity index is 2.32. The smallest absolute Gasteiger partial charge is 0.305 e. The molecule has 0 amide bonds. The Labute approximate surface area is 102 Å². The van der Waals surface area contributed by atoms with E-state index in [2.05, 4.69) is 17.0 Å². The monoisotopic (exact) mass is 239 g/mol. The van der Waals surface area contributed by atoms with Crippen LogP contribution in [-0.2, 0) is 9.53 Å². The highest BCUT2D eigenvalue weighted by Gasteiger charge is 2.11.